The molecule has 2 saturated carbocycles. The summed E-state index contributed by atoms with van der Waals surface area (Å²) in [6.45, 7) is 0. The topological polar surface area (TPSA) is 37.3 Å². The predicted molar refractivity (Wildman–Crippen MR) is 111 cm³/mol. The number of unbranched alkanes of at least 4 members (excludes halogenated alkanes) is 4. The molecule has 0 aromatic heterocycles. The monoisotopic (exact) mass is 370 g/mol. The van der Waals surface area contributed by atoms with Gasteiger partial charge in [-0.3, -0.25) is 4.79 Å². The van der Waals surface area contributed by atoms with Gasteiger partial charge in [-0.2, -0.15) is 0 Å². The first-order valence-electron chi connectivity index (χ1n) is 11.8. The number of hydrogen-bond donors (Lipinski definition) is 1. The van der Waals surface area contributed by atoms with Crippen LogP contribution >= 0.6 is 0 Å². The van der Waals surface area contributed by atoms with Crippen LogP contribution in [0.4, 0.5) is 0 Å². The van der Waals surface area contributed by atoms with Crippen LogP contribution in [0.2, 0.25) is 0 Å². The maximum absolute atomic E-state index is 10.6. The lowest BCUT2D eigenvalue weighted by Crippen LogP contribution is -2.38. The fourth-order valence-corrected chi connectivity index (χ4v) is 7.15. The number of hydrogen-bond acceptors (Lipinski definition) is 1. The molecule has 3 atom stereocenters. The Balaban J connectivity index is 1.34. The predicted octanol–water partition coefficient (Wildman–Crippen LogP) is 7.20. The molecule has 4 aliphatic carbocycles. The van der Waals surface area contributed by atoms with Crippen LogP contribution in [-0.4, -0.2) is 11.1 Å². The number of carbonyl (C=O) groups is 1. The number of rotatable bonds is 8. The van der Waals surface area contributed by atoms with E-state index in [9.17, 15) is 4.79 Å². The Labute approximate surface area is 165 Å². The molecule has 4 rings (SSSR count). The quantitative estimate of drug-likeness (QED) is 0.459. The normalized spacial score (nSPS) is 32.5. The van der Waals surface area contributed by atoms with Gasteiger partial charge in [-0.1, -0.05) is 43.8 Å². The molecule has 4 aliphatic rings. The first kappa shape index (κ1) is 19.3. The third-order valence-corrected chi connectivity index (χ3v) is 8.39. The minimum absolute atomic E-state index is 0.349. The van der Waals surface area contributed by atoms with Gasteiger partial charge in [-0.05, 0) is 99.0 Å². The highest BCUT2D eigenvalue weighted by atomic mass is 16.4. The second kappa shape index (κ2) is 8.53. The van der Waals surface area contributed by atoms with Gasteiger partial charge >= 0.3 is 5.97 Å². The minimum Gasteiger partial charge on any atom is -0.481 e. The maximum atomic E-state index is 10.6. The van der Waals surface area contributed by atoms with Crippen molar-refractivity contribution in [3.05, 3.63) is 22.8 Å². The van der Waals surface area contributed by atoms with Crippen molar-refractivity contribution in [2.24, 2.45) is 17.3 Å². The summed E-state index contributed by atoms with van der Waals surface area (Å²) in [5.74, 6) is 1.25. The van der Waals surface area contributed by atoms with Crippen molar-refractivity contribution in [3.63, 3.8) is 0 Å². The van der Waals surface area contributed by atoms with E-state index in [-0.39, 0.29) is 0 Å². The molecule has 27 heavy (non-hydrogen) atoms. The Kier molecular flexibility index (Phi) is 6.09. The summed E-state index contributed by atoms with van der Waals surface area (Å²) in [6.07, 6.45) is 24.4. The van der Waals surface area contributed by atoms with E-state index in [0.717, 1.165) is 24.7 Å². The van der Waals surface area contributed by atoms with Gasteiger partial charge < -0.3 is 5.11 Å². The van der Waals surface area contributed by atoms with E-state index in [1.165, 1.54) is 89.9 Å². The van der Waals surface area contributed by atoms with Crippen molar-refractivity contribution in [1.29, 1.82) is 0 Å². The summed E-state index contributed by atoms with van der Waals surface area (Å²) in [5, 5.41) is 8.75. The molecule has 1 N–H and O–H groups in total. The van der Waals surface area contributed by atoms with Gasteiger partial charge in [0, 0.05) is 6.42 Å². The molecular formula is C25H38O2. The molecule has 0 spiro atoms. The summed E-state index contributed by atoms with van der Waals surface area (Å²) in [5.41, 5.74) is 6.12. The van der Waals surface area contributed by atoms with Crippen molar-refractivity contribution in [3.8, 4) is 0 Å². The lowest BCUT2D eigenvalue weighted by Gasteiger charge is -2.49. The SMILES string of the molecule is O=C(O)CCCCCCC[C@@]12CCC[C@H]1[C@@H]1CCC3=CCCCC3=C1CC2. The van der Waals surface area contributed by atoms with Crippen LogP contribution in [0.5, 0.6) is 0 Å². The molecule has 2 heteroatoms. The van der Waals surface area contributed by atoms with Crippen LogP contribution in [0.15, 0.2) is 22.8 Å². The molecule has 0 unspecified atom stereocenters. The lowest BCUT2D eigenvalue weighted by molar-refractivity contribution is -0.137. The zero-order valence-corrected chi connectivity index (χ0v) is 17.1. The van der Waals surface area contributed by atoms with Crippen molar-refractivity contribution in [2.75, 3.05) is 0 Å². The zero-order valence-electron chi connectivity index (χ0n) is 17.1. The van der Waals surface area contributed by atoms with Crippen LogP contribution in [0.3, 0.4) is 0 Å². The van der Waals surface area contributed by atoms with Crippen molar-refractivity contribution < 1.29 is 9.90 Å². The number of aliphatic carboxylic acids is 1. The molecule has 0 heterocycles. The van der Waals surface area contributed by atoms with Gasteiger partial charge in [-0.15, -0.1) is 0 Å². The zero-order chi connectivity index (χ0) is 18.7. The van der Waals surface area contributed by atoms with E-state index in [4.69, 9.17) is 5.11 Å². The average Bonchev–Trinajstić information content (AvgIpc) is 3.11. The highest BCUT2D eigenvalue weighted by Crippen LogP contribution is 2.62. The fourth-order valence-electron chi connectivity index (χ4n) is 7.15. The van der Waals surface area contributed by atoms with Crippen LogP contribution in [0.25, 0.3) is 0 Å². The van der Waals surface area contributed by atoms with E-state index in [1.807, 2.05) is 11.1 Å². The van der Waals surface area contributed by atoms with Gasteiger partial charge in [0.2, 0.25) is 0 Å². The lowest BCUT2D eigenvalue weighted by atomic mass is 9.56. The Morgan fingerprint density at radius 2 is 1.85 bits per heavy atom. The maximum Gasteiger partial charge on any atom is 0.303 e. The average molecular weight is 371 g/mol. The summed E-state index contributed by atoms with van der Waals surface area (Å²) in [7, 11) is 0. The Hall–Kier alpha value is -1.05. The van der Waals surface area contributed by atoms with Crippen LogP contribution < -0.4 is 0 Å². The highest BCUT2D eigenvalue weighted by molar-refractivity contribution is 5.66. The Morgan fingerprint density at radius 1 is 1.00 bits per heavy atom. The third-order valence-electron chi connectivity index (χ3n) is 8.39. The van der Waals surface area contributed by atoms with Gasteiger partial charge in [0.15, 0.2) is 0 Å². The van der Waals surface area contributed by atoms with Crippen LogP contribution in [-0.2, 0) is 4.79 Å². The van der Waals surface area contributed by atoms with E-state index in [0.29, 0.717) is 11.8 Å². The summed E-state index contributed by atoms with van der Waals surface area (Å²) >= 11 is 0. The summed E-state index contributed by atoms with van der Waals surface area (Å²) in [6, 6.07) is 0. The van der Waals surface area contributed by atoms with E-state index in [2.05, 4.69) is 6.08 Å². The van der Waals surface area contributed by atoms with Gasteiger partial charge in [0.05, 0.1) is 0 Å². The number of carboxylic acids is 1. The molecule has 0 radical (unpaired) electrons. The first-order chi connectivity index (χ1) is 13.2. The second-order valence-electron chi connectivity index (χ2n) is 9.79. The molecule has 0 saturated heterocycles. The van der Waals surface area contributed by atoms with E-state index in [1.54, 1.807) is 5.57 Å². The molecule has 150 valence electrons. The summed E-state index contributed by atoms with van der Waals surface area (Å²) in [4.78, 5) is 10.6. The summed E-state index contributed by atoms with van der Waals surface area (Å²) < 4.78 is 0. The van der Waals surface area contributed by atoms with Gasteiger partial charge in [-0.25, -0.2) is 0 Å². The molecule has 0 aromatic carbocycles. The van der Waals surface area contributed by atoms with E-state index < -0.39 is 5.97 Å². The molecule has 0 amide bonds. The van der Waals surface area contributed by atoms with E-state index >= 15 is 0 Å². The van der Waals surface area contributed by atoms with Crippen LogP contribution in [0, 0.1) is 17.3 Å². The molecular weight excluding hydrogens is 332 g/mol. The Bertz CT molecular complexity index is 614. The van der Waals surface area contributed by atoms with Crippen molar-refractivity contribution in [2.45, 2.75) is 109 Å². The van der Waals surface area contributed by atoms with Crippen LogP contribution in [0.1, 0.15) is 109 Å². The molecule has 0 aliphatic heterocycles. The van der Waals surface area contributed by atoms with Gasteiger partial charge in [0.25, 0.3) is 0 Å². The van der Waals surface area contributed by atoms with Gasteiger partial charge in [0.1, 0.15) is 0 Å². The molecule has 0 aromatic rings. The number of allylic oxidation sites excluding steroid dienone is 4. The molecule has 2 fully saturated rings. The standard InChI is InChI=1S/C25H38O2/c26-24(27)12-4-2-1-3-7-16-25-17-8-11-23(25)22-14-13-19-9-5-6-10-20(19)21(22)15-18-25/h9,22-23H,1-8,10-18H2,(H,26,27)/t22-,23+,25+/m1/s1. The first-order valence-corrected chi connectivity index (χ1v) is 11.8. The third kappa shape index (κ3) is 4.05. The molecule has 2 nitrogen and oxygen atoms in total. The minimum atomic E-state index is -0.640. The Morgan fingerprint density at radius 3 is 2.74 bits per heavy atom. The largest absolute Gasteiger partial charge is 0.481 e. The van der Waals surface area contributed by atoms with Crippen molar-refractivity contribution in [1.82, 2.24) is 0 Å². The second-order valence-corrected chi connectivity index (χ2v) is 9.79. The number of fused-ring (bicyclic) bond motifs is 4. The fraction of sp³-hybridized carbons (Fsp3) is 0.800. The van der Waals surface area contributed by atoms with Crippen molar-refractivity contribution >= 4 is 5.97 Å². The highest BCUT2D eigenvalue weighted by Gasteiger charge is 2.50. The molecule has 0 bridgehead atoms. The number of carboxylic acid groups (broad SMARTS) is 1. The smallest absolute Gasteiger partial charge is 0.303 e.